The molecule has 0 aromatic carbocycles. The predicted octanol–water partition coefficient (Wildman–Crippen LogP) is 0.372. The lowest BCUT2D eigenvalue weighted by Crippen LogP contribution is -2.59. The number of carbonyl (C=O) groups excluding carboxylic acids is 3. The highest BCUT2D eigenvalue weighted by Crippen LogP contribution is 2.65. The van der Waals surface area contributed by atoms with Gasteiger partial charge in [-0.1, -0.05) is 34.6 Å². The highest BCUT2D eigenvalue weighted by Gasteiger charge is 2.69. The van der Waals surface area contributed by atoms with Crippen LogP contribution in [-0.2, 0) is 20.9 Å². The summed E-state index contributed by atoms with van der Waals surface area (Å²) in [5.74, 6) is -0.0499. The Balaban J connectivity index is 1.51. The Hall–Kier alpha value is -2.49. The predicted molar refractivity (Wildman–Crippen MR) is 121 cm³/mol. The number of amides is 3. The van der Waals surface area contributed by atoms with E-state index >= 15 is 0 Å². The SMILES string of the molecule is CC(C)(C)[C@H](N)C(=O)N1C[C@H]2[C@@H]([C@H]1C(=O)NC(CC1CCCn3cnnc31)C(N)=O)C2(C)C. The zero-order valence-corrected chi connectivity index (χ0v) is 20.2. The number of rotatable bonds is 6. The second-order valence-electron chi connectivity index (χ2n) is 11.7. The summed E-state index contributed by atoms with van der Waals surface area (Å²) in [5, 5.41) is 11.1. The van der Waals surface area contributed by atoms with Gasteiger partial charge in [0.25, 0.3) is 0 Å². The van der Waals surface area contributed by atoms with Crippen molar-refractivity contribution in [1.29, 1.82) is 0 Å². The van der Waals surface area contributed by atoms with Crippen molar-refractivity contribution in [2.24, 2.45) is 34.1 Å². The second-order valence-corrected chi connectivity index (χ2v) is 11.7. The van der Waals surface area contributed by atoms with E-state index in [0.717, 1.165) is 25.2 Å². The standard InChI is InChI=1S/C23H37N7O3/c1-22(2,3)17(24)21(33)30-10-13-15(23(13,4)5)16(30)20(32)27-14(18(25)31)9-12-7-6-8-29-11-26-28-19(12)29/h11-17H,6-10,24H2,1-5H3,(H2,25,31)(H,27,32)/t12?,13-,14?,15-,16-,17+/m0/s1. The van der Waals surface area contributed by atoms with Gasteiger partial charge in [-0.2, -0.15) is 0 Å². The molecular formula is C23H37N7O3. The molecule has 2 fully saturated rings. The van der Waals surface area contributed by atoms with Crippen LogP contribution >= 0.6 is 0 Å². The monoisotopic (exact) mass is 459 g/mol. The van der Waals surface area contributed by atoms with Gasteiger partial charge in [-0.25, -0.2) is 0 Å². The highest BCUT2D eigenvalue weighted by molar-refractivity contribution is 5.94. The van der Waals surface area contributed by atoms with Crippen molar-refractivity contribution in [3.8, 4) is 0 Å². The second kappa shape index (κ2) is 8.07. The molecular weight excluding hydrogens is 422 g/mol. The van der Waals surface area contributed by atoms with Crippen LogP contribution in [0.2, 0.25) is 0 Å². The van der Waals surface area contributed by atoms with Crippen molar-refractivity contribution in [1.82, 2.24) is 25.0 Å². The van der Waals surface area contributed by atoms with E-state index in [1.807, 2.05) is 25.3 Å². The van der Waals surface area contributed by atoms with Crippen molar-refractivity contribution in [3.05, 3.63) is 12.2 Å². The van der Waals surface area contributed by atoms with E-state index in [0.29, 0.717) is 13.0 Å². The lowest BCUT2D eigenvalue weighted by molar-refractivity contribution is -0.143. The van der Waals surface area contributed by atoms with Crippen LogP contribution < -0.4 is 16.8 Å². The molecule has 33 heavy (non-hydrogen) atoms. The fraction of sp³-hybridized carbons (Fsp3) is 0.783. The minimum Gasteiger partial charge on any atom is -0.368 e. The number of nitrogens with two attached hydrogens (primary N) is 2. The zero-order valence-electron chi connectivity index (χ0n) is 20.2. The van der Waals surface area contributed by atoms with E-state index in [-0.39, 0.29) is 35.0 Å². The van der Waals surface area contributed by atoms with Gasteiger partial charge in [-0.3, -0.25) is 14.4 Å². The molecule has 6 atom stereocenters. The third-order valence-corrected chi connectivity index (χ3v) is 8.10. The molecule has 4 rings (SSSR count). The maximum absolute atomic E-state index is 13.5. The third-order valence-electron chi connectivity index (χ3n) is 8.10. The smallest absolute Gasteiger partial charge is 0.243 e. The van der Waals surface area contributed by atoms with Crippen LogP contribution in [0.4, 0.5) is 0 Å². The summed E-state index contributed by atoms with van der Waals surface area (Å²) in [7, 11) is 0. The largest absolute Gasteiger partial charge is 0.368 e. The Bertz CT molecular complexity index is 950. The number of likely N-dealkylation sites (tertiary alicyclic amines) is 1. The van der Waals surface area contributed by atoms with Gasteiger partial charge in [0.05, 0.1) is 6.04 Å². The van der Waals surface area contributed by atoms with E-state index < -0.39 is 29.4 Å². The fourth-order valence-corrected chi connectivity index (χ4v) is 5.76. The zero-order chi connectivity index (χ0) is 24.3. The topological polar surface area (TPSA) is 149 Å². The van der Waals surface area contributed by atoms with Crippen LogP contribution in [-0.4, -0.2) is 62.1 Å². The number of hydrogen-bond donors (Lipinski definition) is 3. The van der Waals surface area contributed by atoms with Crippen LogP contribution in [0.3, 0.4) is 0 Å². The summed E-state index contributed by atoms with van der Waals surface area (Å²) < 4.78 is 1.98. The van der Waals surface area contributed by atoms with E-state index in [1.165, 1.54) is 0 Å². The number of piperidine rings is 1. The molecule has 182 valence electrons. The molecule has 3 aliphatic rings. The van der Waals surface area contributed by atoms with Crippen LogP contribution in [0.1, 0.15) is 65.6 Å². The lowest BCUT2D eigenvalue weighted by Gasteiger charge is -2.36. The number of primary amides is 1. The fourth-order valence-electron chi connectivity index (χ4n) is 5.76. The van der Waals surface area contributed by atoms with E-state index in [9.17, 15) is 14.4 Å². The van der Waals surface area contributed by atoms with Gasteiger partial charge in [0.15, 0.2) is 0 Å². The van der Waals surface area contributed by atoms with Gasteiger partial charge in [-0.15, -0.1) is 10.2 Å². The summed E-state index contributed by atoms with van der Waals surface area (Å²) in [5.41, 5.74) is 11.5. The summed E-state index contributed by atoms with van der Waals surface area (Å²) in [6, 6.07) is -2.21. The molecule has 1 saturated heterocycles. The molecule has 10 nitrogen and oxygen atoms in total. The summed E-state index contributed by atoms with van der Waals surface area (Å²) in [6.07, 6.45) is 3.85. The van der Waals surface area contributed by atoms with E-state index in [2.05, 4.69) is 29.4 Å². The van der Waals surface area contributed by atoms with Crippen molar-refractivity contribution in [2.45, 2.75) is 84.5 Å². The van der Waals surface area contributed by atoms with E-state index in [4.69, 9.17) is 11.5 Å². The highest BCUT2D eigenvalue weighted by atomic mass is 16.2. The number of nitrogens with zero attached hydrogens (tertiary/aromatic N) is 4. The molecule has 3 amide bonds. The normalized spacial score (nSPS) is 29.6. The van der Waals surface area contributed by atoms with Crippen LogP contribution in [0.5, 0.6) is 0 Å². The van der Waals surface area contributed by atoms with Gasteiger partial charge < -0.3 is 26.3 Å². The minimum absolute atomic E-state index is 0.0141. The first-order valence-electron chi connectivity index (χ1n) is 11.9. The first kappa shape index (κ1) is 23.7. The maximum atomic E-state index is 13.5. The Kier molecular flexibility index (Phi) is 5.79. The number of aryl methyl sites for hydroxylation is 1. The number of carbonyl (C=O) groups is 3. The average Bonchev–Trinajstić information content (AvgIpc) is 3.16. The Morgan fingerprint density at radius 1 is 1.30 bits per heavy atom. The van der Waals surface area contributed by atoms with Gasteiger partial charge in [0.2, 0.25) is 17.7 Å². The quantitative estimate of drug-likeness (QED) is 0.559. The Morgan fingerprint density at radius 2 is 2.00 bits per heavy atom. The average molecular weight is 460 g/mol. The number of nitrogens with one attached hydrogen (secondary N) is 1. The van der Waals surface area contributed by atoms with Crippen LogP contribution in [0, 0.1) is 22.7 Å². The molecule has 1 aromatic rings. The van der Waals surface area contributed by atoms with Crippen molar-refractivity contribution < 1.29 is 14.4 Å². The molecule has 1 aromatic heterocycles. The lowest BCUT2D eigenvalue weighted by atomic mass is 9.86. The summed E-state index contributed by atoms with van der Waals surface area (Å²) in [4.78, 5) is 40.7. The molecule has 2 aliphatic heterocycles. The van der Waals surface area contributed by atoms with Crippen LogP contribution in [0.25, 0.3) is 0 Å². The minimum atomic E-state index is -0.847. The van der Waals surface area contributed by atoms with Crippen molar-refractivity contribution >= 4 is 17.7 Å². The molecule has 2 unspecified atom stereocenters. The molecule has 10 heteroatoms. The molecule has 1 saturated carbocycles. The Labute approximate surface area is 194 Å². The van der Waals surface area contributed by atoms with Gasteiger partial charge >= 0.3 is 0 Å². The van der Waals surface area contributed by atoms with Crippen molar-refractivity contribution in [3.63, 3.8) is 0 Å². The summed E-state index contributed by atoms with van der Waals surface area (Å²) >= 11 is 0. The third kappa shape index (κ3) is 4.13. The van der Waals surface area contributed by atoms with E-state index in [1.54, 1.807) is 11.2 Å². The molecule has 0 spiro atoms. The Morgan fingerprint density at radius 3 is 2.64 bits per heavy atom. The van der Waals surface area contributed by atoms with Gasteiger partial charge in [-0.05, 0) is 41.9 Å². The first-order chi connectivity index (χ1) is 15.3. The molecule has 1 aliphatic carbocycles. The number of aromatic nitrogens is 3. The number of fused-ring (bicyclic) bond motifs is 2. The molecule has 3 heterocycles. The molecule has 5 N–H and O–H groups in total. The van der Waals surface area contributed by atoms with Gasteiger partial charge in [0, 0.05) is 19.0 Å². The maximum Gasteiger partial charge on any atom is 0.243 e. The molecule has 0 radical (unpaired) electrons. The van der Waals surface area contributed by atoms with Gasteiger partial charge in [0.1, 0.15) is 24.2 Å². The first-order valence-corrected chi connectivity index (χ1v) is 11.9. The number of hydrogen-bond acceptors (Lipinski definition) is 6. The summed E-state index contributed by atoms with van der Waals surface area (Å²) in [6.45, 7) is 11.3. The van der Waals surface area contributed by atoms with Crippen LogP contribution in [0.15, 0.2) is 6.33 Å². The van der Waals surface area contributed by atoms with Crippen molar-refractivity contribution in [2.75, 3.05) is 6.54 Å². The molecule has 0 bridgehead atoms.